The minimum Gasteiger partial charge on any atom is -0.481 e. The van der Waals surface area contributed by atoms with E-state index in [2.05, 4.69) is 13.8 Å². The molecule has 0 aliphatic rings. The molecule has 0 aromatic heterocycles. The van der Waals surface area contributed by atoms with Gasteiger partial charge in [-0.3, -0.25) is 4.79 Å². The van der Waals surface area contributed by atoms with E-state index in [1.807, 2.05) is 30.3 Å². The van der Waals surface area contributed by atoms with E-state index in [1.54, 1.807) is 0 Å². The molecule has 0 bridgehead atoms. The van der Waals surface area contributed by atoms with E-state index in [-0.39, 0.29) is 6.61 Å². The van der Waals surface area contributed by atoms with E-state index in [0.717, 1.165) is 12.0 Å². The lowest BCUT2D eigenvalue weighted by atomic mass is 10.0. The summed E-state index contributed by atoms with van der Waals surface area (Å²) in [6, 6.07) is 9.22. The highest BCUT2D eigenvalue weighted by atomic mass is 16.5. The van der Waals surface area contributed by atoms with Gasteiger partial charge in [-0.15, -0.1) is 0 Å². The minimum atomic E-state index is -0.833. The first-order chi connectivity index (χ1) is 8.11. The van der Waals surface area contributed by atoms with Crippen molar-refractivity contribution in [3.8, 4) is 0 Å². The number of carboxylic acids is 1. The van der Waals surface area contributed by atoms with Gasteiger partial charge in [0.05, 0.1) is 6.61 Å². The zero-order valence-corrected chi connectivity index (χ0v) is 10.4. The molecule has 0 heterocycles. The molecule has 1 rings (SSSR count). The summed E-state index contributed by atoms with van der Waals surface area (Å²) in [6.07, 6.45) is 0.959. The summed E-state index contributed by atoms with van der Waals surface area (Å²) in [4.78, 5) is 11.1. The molecule has 0 aliphatic carbocycles. The van der Waals surface area contributed by atoms with Gasteiger partial charge in [0.2, 0.25) is 0 Å². The van der Waals surface area contributed by atoms with E-state index in [1.165, 1.54) is 0 Å². The Morgan fingerprint density at radius 3 is 2.47 bits per heavy atom. The predicted molar refractivity (Wildman–Crippen MR) is 67.1 cm³/mol. The standard InChI is InChI=1S/C14H20O3/c1-11(2)8-9-17-10-13(14(15)16)12-6-4-3-5-7-12/h3-7,11,13H,8-10H2,1-2H3,(H,15,16). The van der Waals surface area contributed by atoms with Gasteiger partial charge in [-0.05, 0) is 17.9 Å². The van der Waals surface area contributed by atoms with Crippen molar-refractivity contribution < 1.29 is 14.6 Å². The number of benzene rings is 1. The number of ether oxygens (including phenoxy) is 1. The van der Waals surface area contributed by atoms with Crippen LogP contribution in [0.1, 0.15) is 31.7 Å². The number of hydrogen-bond donors (Lipinski definition) is 1. The maximum atomic E-state index is 11.1. The average molecular weight is 236 g/mol. The first kappa shape index (κ1) is 13.7. The zero-order valence-electron chi connectivity index (χ0n) is 10.4. The Balaban J connectivity index is 2.48. The van der Waals surface area contributed by atoms with Crippen LogP contribution >= 0.6 is 0 Å². The van der Waals surface area contributed by atoms with Gasteiger partial charge in [0.25, 0.3) is 0 Å². The maximum absolute atomic E-state index is 11.1. The third-order valence-electron chi connectivity index (χ3n) is 2.62. The SMILES string of the molecule is CC(C)CCOCC(C(=O)O)c1ccccc1. The quantitative estimate of drug-likeness (QED) is 0.740. The topological polar surface area (TPSA) is 46.5 Å². The lowest BCUT2D eigenvalue weighted by Crippen LogP contribution is -2.18. The fourth-order valence-corrected chi connectivity index (χ4v) is 1.52. The highest BCUT2D eigenvalue weighted by Crippen LogP contribution is 2.16. The predicted octanol–water partition coefficient (Wildman–Crippen LogP) is 2.92. The molecule has 0 spiro atoms. The van der Waals surface area contributed by atoms with Gasteiger partial charge >= 0.3 is 5.97 Å². The first-order valence-electron chi connectivity index (χ1n) is 5.96. The van der Waals surface area contributed by atoms with Crippen LogP contribution in [-0.2, 0) is 9.53 Å². The van der Waals surface area contributed by atoms with Gasteiger partial charge in [-0.1, -0.05) is 44.2 Å². The molecule has 0 fully saturated rings. The van der Waals surface area contributed by atoms with Gasteiger partial charge in [0.1, 0.15) is 5.92 Å². The number of aliphatic carboxylic acids is 1. The number of carbonyl (C=O) groups is 1. The summed E-state index contributed by atoms with van der Waals surface area (Å²) >= 11 is 0. The van der Waals surface area contributed by atoms with Crippen LogP contribution in [0.2, 0.25) is 0 Å². The monoisotopic (exact) mass is 236 g/mol. The highest BCUT2D eigenvalue weighted by Gasteiger charge is 2.19. The lowest BCUT2D eigenvalue weighted by molar-refractivity contribution is -0.140. The Morgan fingerprint density at radius 2 is 1.94 bits per heavy atom. The van der Waals surface area contributed by atoms with Crippen molar-refractivity contribution in [3.63, 3.8) is 0 Å². The summed E-state index contributed by atoms with van der Waals surface area (Å²) < 4.78 is 5.44. The van der Waals surface area contributed by atoms with Gasteiger partial charge in [-0.2, -0.15) is 0 Å². The van der Waals surface area contributed by atoms with Crippen molar-refractivity contribution in [1.29, 1.82) is 0 Å². The number of rotatable bonds is 7. The molecule has 1 unspecified atom stereocenters. The molecule has 0 saturated heterocycles. The highest BCUT2D eigenvalue weighted by molar-refractivity contribution is 5.76. The van der Waals surface area contributed by atoms with Crippen LogP contribution in [0.25, 0.3) is 0 Å². The molecule has 1 aromatic carbocycles. The van der Waals surface area contributed by atoms with Crippen LogP contribution in [0.3, 0.4) is 0 Å². The lowest BCUT2D eigenvalue weighted by Gasteiger charge is -2.13. The van der Waals surface area contributed by atoms with Gasteiger partial charge < -0.3 is 9.84 Å². The minimum absolute atomic E-state index is 0.242. The number of carboxylic acid groups (broad SMARTS) is 1. The van der Waals surface area contributed by atoms with E-state index >= 15 is 0 Å². The second-order valence-corrected chi connectivity index (χ2v) is 4.56. The molecule has 1 N–H and O–H groups in total. The van der Waals surface area contributed by atoms with Crippen molar-refractivity contribution in [3.05, 3.63) is 35.9 Å². The summed E-state index contributed by atoms with van der Waals surface area (Å²) in [5.41, 5.74) is 0.796. The molecule has 1 aromatic rings. The Hall–Kier alpha value is -1.35. The zero-order chi connectivity index (χ0) is 12.7. The third kappa shape index (κ3) is 5.00. The summed E-state index contributed by atoms with van der Waals surface area (Å²) in [5.74, 6) is -0.820. The normalized spacial score (nSPS) is 12.6. The molecule has 1 atom stereocenters. The Kier molecular flexibility index (Phi) is 5.70. The smallest absolute Gasteiger partial charge is 0.313 e. The van der Waals surface area contributed by atoms with Crippen LogP contribution in [-0.4, -0.2) is 24.3 Å². The van der Waals surface area contributed by atoms with E-state index in [9.17, 15) is 4.79 Å². The van der Waals surface area contributed by atoms with Crippen LogP contribution in [0, 0.1) is 5.92 Å². The molecular formula is C14H20O3. The van der Waals surface area contributed by atoms with Crippen molar-refractivity contribution in [2.24, 2.45) is 5.92 Å². The summed E-state index contributed by atoms with van der Waals surface area (Å²) in [6.45, 7) is 5.10. The van der Waals surface area contributed by atoms with Crippen LogP contribution in [0.4, 0.5) is 0 Å². The first-order valence-corrected chi connectivity index (χ1v) is 5.96. The van der Waals surface area contributed by atoms with Gasteiger partial charge in [0, 0.05) is 6.61 Å². The Bertz CT molecular complexity index is 333. The van der Waals surface area contributed by atoms with Crippen LogP contribution in [0.15, 0.2) is 30.3 Å². The molecule has 3 nitrogen and oxygen atoms in total. The van der Waals surface area contributed by atoms with E-state index in [4.69, 9.17) is 9.84 Å². The molecule has 0 aliphatic heterocycles. The van der Waals surface area contributed by atoms with Crippen molar-refractivity contribution >= 4 is 5.97 Å². The van der Waals surface area contributed by atoms with E-state index < -0.39 is 11.9 Å². The average Bonchev–Trinajstić information content (AvgIpc) is 2.29. The maximum Gasteiger partial charge on any atom is 0.313 e. The number of hydrogen-bond acceptors (Lipinski definition) is 2. The van der Waals surface area contributed by atoms with Gasteiger partial charge in [0.15, 0.2) is 0 Å². The molecule has 0 saturated carbocycles. The van der Waals surface area contributed by atoms with Crippen LogP contribution in [0.5, 0.6) is 0 Å². The molecular weight excluding hydrogens is 216 g/mol. The molecule has 3 heteroatoms. The summed E-state index contributed by atoms with van der Waals surface area (Å²) in [5, 5.41) is 9.16. The molecule has 17 heavy (non-hydrogen) atoms. The molecule has 0 radical (unpaired) electrons. The third-order valence-corrected chi connectivity index (χ3v) is 2.62. The van der Waals surface area contributed by atoms with Crippen molar-refractivity contribution in [1.82, 2.24) is 0 Å². The molecule has 0 amide bonds. The summed E-state index contributed by atoms with van der Waals surface area (Å²) in [7, 11) is 0. The van der Waals surface area contributed by atoms with E-state index in [0.29, 0.717) is 12.5 Å². The Morgan fingerprint density at radius 1 is 1.29 bits per heavy atom. The van der Waals surface area contributed by atoms with Crippen LogP contribution < -0.4 is 0 Å². The van der Waals surface area contributed by atoms with Gasteiger partial charge in [-0.25, -0.2) is 0 Å². The fraction of sp³-hybridized carbons (Fsp3) is 0.500. The van der Waals surface area contributed by atoms with Crippen molar-refractivity contribution in [2.45, 2.75) is 26.2 Å². The largest absolute Gasteiger partial charge is 0.481 e. The fourth-order valence-electron chi connectivity index (χ4n) is 1.52. The Labute approximate surface area is 102 Å². The molecule has 94 valence electrons. The second kappa shape index (κ2) is 7.07. The van der Waals surface area contributed by atoms with Crippen molar-refractivity contribution in [2.75, 3.05) is 13.2 Å². The second-order valence-electron chi connectivity index (χ2n) is 4.56.